The van der Waals surface area contributed by atoms with E-state index in [1.165, 1.54) is 11.8 Å². The maximum Gasteiger partial charge on any atom is 0.270 e. The lowest BCUT2D eigenvalue weighted by molar-refractivity contribution is -0.113. The Bertz CT molecular complexity index is 904. The van der Waals surface area contributed by atoms with Gasteiger partial charge < -0.3 is 10.0 Å². The summed E-state index contributed by atoms with van der Waals surface area (Å²) in [6.45, 7) is 0. The highest BCUT2D eigenvalue weighted by Crippen LogP contribution is 2.37. The Hall–Kier alpha value is -0.850. The van der Waals surface area contributed by atoms with E-state index in [-0.39, 0.29) is 11.7 Å². The van der Waals surface area contributed by atoms with Crippen LogP contribution in [0, 0.1) is 7.14 Å². The number of benzene rings is 2. The topological polar surface area (TPSA) is 43.8 Å². The van der Waals surface area contributed by atoms with Crippen molar-refractivity contribution in [3.63, 3.8) is 0 Å². The number of hydrogen-bond acceptors (Lipinski definition) is 5. The Morgan fingerprint density at radius 2 is 1.73 bits per heavy atom. The van der Waals surface area contributed by atoms with Crippen molar-refractivity contribution in [2.24, 2.45) is 0 Å². The van der Waals surface area contributed by atoms with E-state index in [0.29, 0.717) is 9.23 Å². The average molecular weight is 608 g/mol. The molecule has 2 aromatic carbocycles. The first kappa shape index (κ1) is 19.9. The molecule has 0 atom stereocenters. The van der Waals surface area contributed by atoms with Gasteiger partial charge >= 0.3 is 0 Å². The van der Waals surface area contributed by atoms with E-state index in [9.17, 15) is 9.90 Å². The fourth-order valence-electron chi connectivity index (χ4n) is 2.41. The molecule has 1 fully saturated rings. The van der Waals surface area contributed by atoms with Crippen molar-refractivity contribution in [3.8, 4) is 5.75 Å². The van der Waals surface area contributed by atoms with E-state index in [0.717, 1.165) is 24.1 Å². The van der Waals surface area contributed by atoms with Gasteiger partial charge in [-0.05, 0) is 93.2 Å². The van der Waals surface area contributed by atoms with Crippen LogP contribution in [0.4, 0.5) is 11.4 Å². The molecule has 1 saturated heterocycles. The summed E-state index contributed by atoms with van der Waals surface area (Å²) < 4.78 is 2.01. The largest absolute Gasteiger partial charge is 0.506 e. The molecule has 0 unspecified atom stereocenters. The van der Waals surface area contributed by atoms with Crippen molar-refractivity contribution in [1.82, 2.24) is 0 Å². The monoisotopic (exact) mass is 608 g/mol. The van der Waals surface area contributed by atoms with E-state index < -0.39 is 0 Å². The van der Waals surface area contributed by atoms with Crippen LogP contribution in [0.15, 0.2) is 41.3 Å². The van der Waals surface area contributed by atoms with Gasteiger partial charge in [0.05, 0.1) is 17.7 Å². The van der Waals surface area contributed by atoms with Gasteiger partial charge in [0.1, 0.15) is 5.75 Å². The van der Waals surface area contributed by atoms with Crippen LogP contribution in [0.25, 0.3) is 6.08 Å². The number of hydrogen-bond donors (Lipinski definition) is 1. The highest BCUT2D eigenvalue weighted by atomic mass is 127. The zero-order valence-corrected chi connectivity index (χ0v) is 19.8. The maximum atomic E-state index is 12.9. The molecule has 134 valence electrons. The van der Waals surface area contributed by atoms with E-state index >= 15 is 0 Å². The molecule has 1 aliphatic heterocycles. The molecule has 4 nitrogen and oxygen atoms in total. The second-order valence-corrected chi connectivity index (χ2v) is 9.76. The lowest BCUT2D eigenvalue weighted by atomic mass is 10.2. The van der Waals surface area contributed by atoms with E-state index in [1.807, 2.05) is 61.5 Å². The van der Waals surface area contributed by atoms with Gasteiger partial charge in [0, 0.05) is 19.8 Å². The lowest BCUT2D eigenvalue weighted by Gasteiger charge is -2.17. The van der Waals surface area contributed by atoms with Crippen molar-refractivity contribution in [1.29, 1.82) is 0 Å². The molecule has 0 aliphatic carbocycles. The molecular weight excluding hydrogens is 594 g/mol. The van der Waals surface area contributed by atoms with E-state index in [1.54, 1.807) is 4.90 Å². The number of carbonyl (C=O) groups is 1. The molecule has 3 rings (SSSR count). The number of amides is 1. The first-order valence-corrected chi connectivity index (χ1v) is 10.9. The number of phenols is 1. The summed E-state index contributed by atoms with van der Waals surface area (Å²) in [6.07, 6.45) is 1.82. The summed E-state index contributed by atoms with van der Waals surface area (Å²) in [4.78, 5) is 17.0. The van der Waals surface area contributed by atoms with Gasteiger partial charge in [0.25, 0.3) is 5.91 Å². The number of thioether (sulfide) groups is 1. The zero-order valence-electron chi connectivity index (χ0n) is 13.9. The molecule has 0 spiro atoms. The quantitative estimate of drug-likeness (QED) is 0.300. The minimum Gasteiger partial charge on any atom is -0.506 e. The second kappa shape index (κ2) is 8.03. The number of phenolic OH excluding ortho intramolecular Hbond substituents is 1. The van der Waals surface area contributed by atoms with Crippen LogP contribution in [0.2, 0.25) is 0 Å². The minimum absolute atomic E-state index is 0.129. The fraction of sp³-hybridized carbons (Fsp3) is 0.111. The molecule has 26 heavy (non-hydrogen) atoms. The summed E-state index contributed by atoms with van der Waals surface area (Å²) in [7, 11) is 3.94. The Labute approximate surface area is 188 Å². The SMILES string of the molecule is CN(C)c1ccc(N2C(=O)C(=Cc3cc(I)c(O)c(I)c3)SC2=S)cc1. The number of nitrogens with zero attached hydrogens (tertiary/aromatic N) is 2. The average Bonchev–Trinajstić information content (AvgIpc) is 2.86. The molecule has 0 saturated carbocycles. The summed E-state index contributed by atoms with van der Waals surface area (Å²) in [5, 5.41) is 9.90. The molecule has 0 bridgehead atoms. The highest BCUT2D eigenvalue weighted by Gasteiger charge is 2.33. The number of rotatable bonds is 3. The van der Waals surface area contributed by atoms with Gasteiger partial charge in [-0.25, -0.2) is 0 Å². The Morgan fingerprint density at radius 1 is 1.15 bits per heavy atom. The molecule has 1 aliphatic rings. The van der Waals surface area contributed by atoms with Crippen LogP contribution < -0.4 is 9.80 Å². The number of carbonyl (C=O) groups excluding carboxylic acids is 1. The first-order chi connectivity index (χ1) is 12.3. The zero-order chi connectivity index (χ0) is 19.0. The molecule has 8 heteroatoms. The van der Waals surface area contributed by atoms with Gasteiger partial charge in [-0.15, -0.1) is 0 Å². The fourth-order valence-corrected chi connectivity index (χ4v) is 5.53. The smallest absolute Gasteiger partial charge is 0.270 e. The van der Waals surface area contributed by atoms with E-state index in [4.69, 9.17) is 12.2 Å². The molecule has 1 N–H and O–H groups in total. The lowest BCUT2D eigenvalue weighted by Crippen LogP contribution is -2.27. The Kier molecular flexibility index (Phi) is 6.14. The van der Waals surface area contributed by atoms with Gasteiger partial charge in [-0.1, -0.05) is 24.0 Å². The molecule has 0 radical (unpaired) electrons. The molecular formula is C18H14I2N2O2S2. The van der Waals surface area contributed by atoms with Crippen LogP contribution in [0.1, 0.15) is 5.56 Å². The number of thiocarbonyl (C=S) groups is 1. The molecule has 1 heterocycles. The Morgan fingerprint density at radius 3 is 2.27 bits per heavy atom. The summed E-state index contributed by atoms with van der Waals surface area (Å²) in [5.41, 5.74) is 2.68. The predicted octanol–water partition coefficient (Wildman–Crippen LogP) is 5.07. The summed E-state index contributed by atoms with van der Waals surface area (Å²) in [5.74, 6) is 0.132. The minimum atomic E-state index is -0.129. The predicted molar refractivity (Wildman–Crippen MR) is 130 cm³/mol. The normalized spacial score (nSPS) is 15.8. The third-order valence-electron chi connectivity index (χ3n) is 3.76. The highest BCUT2D eigenvalue weighted by molar-refractivity contribution is 14.1. The van der Waals surface area contributed by atoms with Crippen molar-refractivity contribution in [2.75, 3.05) is 23.9 Å². The molecule has 1 amide bonds. The number of anilines is 2. The molecule has 0 aromatic heterocycles. The maximum absolute atomic E-state index is 12.9. The number of aromatic hydroxyl groups is 1. The summed E-state index contributed by atoms with van der Waals surface area (Å²) >= 11 is 10.9. The molecule has 2 aromatic rings. The van der Waals surface area contributed by atoms with Gasteiger partial charge in [0.15, 0.2) is 4.32 Å². The third-order valence-corrected chi connectivity index (χ3v) is 6.70. The van der Waals surface area contributed by atoms with Crippen molar-refractivity contribution < 1.29 is 9.90 Å². The first-order valence-electron chi connectivity index (χ1n) is 7.51. The van der Waals surface area contributed by atoms with Crippen molar-refractivity contribution in [3.05, 3.63) is 54.0 Å². The second-order valence-electron chi connectivity index (χ2n) is 5.76. The van der Waals surface area contributed by atoms with Crippen molar-refractivity contribution in [2.45, 2.75) is 0 Å². The van der Waals surface area contributed by atoms with Crippen LogP contribution in [-0.4, -0.2) is 29.4 Å². The van der Waals surface area contributed by atoms with Crippen LogP contribution in [0.3, 0.4) is 0 Å². The van der Waals surface area contributed by atoms with Crippen LogP contribution in [0.5, 0.6) is 5.75 Å². The van der Waals surface area contributed by atoms with E-state index in [2.05, 4.69) is 45.2 Å². The van der Waals surface area contributed by atoms with Gasteiger partial charge in [-0.3, -0.25) is 9.69 Å². The third kappa shape index (κ3) is 4.02. The Balaban J connectivity index is 1.91. The summed E-state index contributed by atoms with van der Waals surface area (Å²) in [6, 6.07) is 11.4. The standard InChI is InChI=1S/C18H14I2N2O2S2/c1-21(2)11-3-5-12(6-4-11)22-17(24)15(26-18(22)25)9-10-7-13(19)16(23)14(20)8-10/h3-9,23H,1-2H3. The van der Waals surface area contributed by atoms with Crippen LogP contribution in [-0.2, 0) is 4.79 Å². The van der Waals surface area contributed by atoms with Crippen LogP contribution >= 0.6 is 69.2 Å². The van der Waals surface area contributed by atoms with Crippen molar-refractivity contribution >= 4 is 96.8 Å². The number of halogens is 2. The van der Waals surface area contributed by atoms with Gasteiger partial charge in [-0.2, -0.15) is 0 Å². The van der Waals surface area contributed by atoms with Gasteiger partial charge in [0.2, 0.25) is 0 Å².